The van der Waals surface area contributed by atoms with Crippen LogP contribution in [-0.2, 0) is 12.8 Å². The van der Waals surface area contributed by atoms with Crippen LogP contribution in [0.15, 0.2) is 24.3 Å². The first kappa shape index (κ1) is 12.8. The molecule has 0 amide bonds. The summed E-state index contributed by atoms with van der Waals surface area (Å²) in [5, 5.41) is 22.7. The molecule has 0 aliphatic carbocycles. The Hall–Kier alpha value is -1.62. The molecule has 2 N–H and O–H groups in total. The predicted octanol–water partition coefficient (Wildman–Crippen LogP) is 2.85. The van der Waals surface area contributed by atoms with Crippen LogP contribution in [0.25, 0.3) is 0 Å². The Labute approximate surface area is 111 Å². The molecule has 1 aromatic heterocycles. The Morgan fingerprint density at radius 1 is 1.28 bits per heavy atom. The van der Waals surface area contributed by atoms with E-state index in [4.69, 9.17) is 0 Å². The molecular formula is C13H17N3OS. The van der Waals surface area contributed by atoms with Gasteiger partial charge in [0, 0.05) is 6.04 Å². The SMILES string of the molecule is CCc1nnc(NC(C)Cc2ccc(O)cc2)s1. The van der Waals surface area contributed by atoms with E-state index in [0.29, 0.717) is 5.75 Å². The number of nitrogens with zero attached hydrogens (tertiary/aromatic N) is 2. The van der Waals surface area contributed by atoms with Gasteiger partial charge in [-0.3, -0.25) is 0 Å². The summed E-state index contributed by atoms with van der Waals surface area (Å²) < 4.78 is 0. The third-order valence-corrected chi connectivity index (χ3v) is 3.62. The van der Waals surface area contributed by atoms with Crippen molar-refractivity contribution >= 4 is 16.5 Å². The Morgan fingerprint density at radius 2 is 2.00 bits per heavy atom. The standard InChI is InChI=1S/C13H17N3OS/c1-3-12-15-16-13(18-12)14-9(2)8-10-4-6-11(17)7-5-10/h4-7,9,17H,3,8H2,1-2H3,(H,14,16). The maximum absolute atomic E-state index is 9.22. The average molecular weight is 263 g/mol. The lowest BCUT2D eigenvalue weighted by atomic mass is 10.1. The monoisotopic (exact) mass is 263 g/mol. The van der Waals surface area contributed by atoms with Crippen LogP contribution in [0.5, 0.6) is 5.75 Å². The Bertz CT molecular complexity index is 495. The second kappa shape index (κ2) is 5.82. The van der Waals surface area contributed by atoms with Gasteiger partial charge in [-0.25, -0.2) is 0 Å². The zero-order valence-electron chi connectivity index (χ0n) is 10.6. The van der Waals surface area contributed by atoms with Crippen molar-refractivity contribution in [3.63, 3.8) is 0 Å². The zero-order valence-corrected chi connectivity index (χ0v) is 11.4. The Morgan fingerprint density at radius 3 is 2.61 bits per heavy atom. The fraction of sp³-hybridized carbons (Fsp3) is 0.385. The van der Waals surface area contributed by atoms with E-state index in [-0.39, 0.29) is 6.04 Å². The summed E-state index contributed by atoms with van der Waals surface area (Å²) in [6.45, 7) is 4.18. The lowest BCUT2D eigenvalue weighted by molar-refractivity contribution is 0.475. The van der Waals surface area contributed by atoms with Crippen LogP contribution in [0.2, 0.25) is 0 Å². The van der Waals surface area contributed by atoms with Crippen LogP contribution in [0.3, 0.4) is 0 Å². The smallest absolute Gasteiger partial charge is 0.205 e. The Kier molecular flexibility index (Phi) is 4.15. The summed E-state index contributed by atoms with van der Waals surface area (Å²) in [6, 6.07) is 7.58. The minimum atomic E-state index is 0.284. The van der Waals surface area contributed by atoms with Crippen molar-refractivity contribution in [2.45, 2.75) is 32.7 Å². The zero-order chi connectivity index (χ0) is 13.0. The summed E-state index contributed by atoms with van der Waals surface area (Å²) in [4.78, 5) is 0. The largest absolute Gasteiger partial charge is 0.508 e. The van der Waals surface area contributed by atoms with Gasteiger partial charge in [0.25, 0.3) is 0 Å². The lowest BCUT2D eigenvalue weighted by Gasteiger charge is -2.12. The molecule has 0 radical (unpaired) electrons. The second-order valence-corrected chi connectivity index (χ2v) is 5.33. The van der Waals surface area contributed by atoms with Crippen LogP contribution >= 0.6 is 11.3 Å². The third kappa shape index (κ3) is 3.43. The minimum absolute atomic E-state index is 0.284. The van der Waals surface area contributed by atoms with E-state index in [0.717, 1.165) is 23.0 Å². The second-order valence-electron chi connectivity index (χ2n) is 4.27. The molecule has 0 saturated carbocycles. The molecule has 5 heteroatoms. The van der Waals surface area contributed by atoms with E-state index >= 15 is 0 Å². The molecule has 96 valence electrons. The molecule has 18 heavy (non-hydrogen) atoms. The van der Waals surface area contributed by atoms with Gasteiger partial charge in [-0.1, -0.05) is 30.4 Å². The van der Waals surface area contributed by atoms with Gasteiger partial charge in [0.1, 0.15) is 10.8 Å². The van der Waals surface area contributed by atoms with E-state index in [2.05, 4.69) is 29.4 Å². The van der Waals surface area contributed by atoms with Crippen molar-refractivity contribution in [2.75, 3.05) is 5.32 Å². The molecular weight excluding hydrogens is 246 g/mol. The molecule has 2 aromatic rings. The molecule has 4 nitrogen and oxygen atoms in total. The number of phenolic OH excluding ortho intramolecular Hbond substituents is 1. The van der Waals surface area contributed by atoms with Crippen molar-refractivity contribution in [3.8, 4) is 5.75 Å². The molecule has 0 fully saturated rings. The highest BCUT2D eigenvalue weighted by Crippen LogP contribution is 2.18. The predicted molar refractivity (Wildman–Crippen MR) is 74.2 cm³/mol. The normalized spacial score (nSPS) is 12.3. The van der Waals surface area contributed by atoms with Crippen LogP contribution in [0.4, 0.5) is 5.13 Å². The molecule has 0 saturated heterocycles. The summed E-state index contributed by atoms with van der Waals surface area (Å²) in [5.41, 5.74) is 1.19. The van der Waals surface area contributed by atoms with Crippen molar-refractivity contribution in [1.82, 2.24) is 10.2 Å². The van der Waals surface area contributed by atoms with Crippen molar-refractivity contribution in [3.05, 3.63) is 34.8 Å². The van der Waals surface area contributed by atoms with Gasteiger partial charge < -0.3 is 10.4 Å². The number of hydrogen-bond acceptors (Lipinski definition) is 5. The van der Waals surface area contributed by atoms with Crippen molar-refractivity contribution in [1.29, 1.82) is 0 Å². The number of nitrogens with one attached hydrogen (secondary N) is 1. The van der Waals surface area contributed by atoms with Gasteiger partial charge in [0.15, 0.2) is 0 Å². The van der Waals surface area contributed by atoms with Crippen molar-refractivity contribution < 1.29 is 5.11 Å². The number of aryl methyl sites for hydroxylation is 1. The molecule has 0 bridgehead atoms. The van der Waals surface area contributed by atoms with E-state index in [1.807, 2.05) is 12.1 Å². The first-order chi connectivity index (χ1) is 8.67. The molecule has 0 spiro atoms. The first-order valence-corrected chi connectivity index (χ1v) is 6.86. The fourth-order valence-electron chi connectivity index (χ4n) is 1.70. The van der Waals surface area contributed by atoms with Gasteiger partial charge >= 0.3 is 0 Å². The van der Waals surface area contributed by atoms with Gasteiger partial charge in [0.05, 0.1) is 0 Å². The molecule has 1 heterocycles. The molecule has 0 aliphatic heterocycles. The summed E-state index contributed by atoms with van der Waals surface area (Å²) >= 11 is 1.60. The quantitative estimate of drug-likeness (QED) is 0.871. The molecule has 1 unspecified atom stereocenters. The highest BCUT2D eigenvalue weighted by molar-refractivity contribution is 7.15. The van der Waals surface area contributed by atoms with Gasteiger partial charge in [0.2, 0.25) is 5.13 Å². The topological polar surface area (TPSA) is 58.0 Å². The maximum Gasteiger partial charge on any atom is 0.205 e. The van der Waals surface area contributed by atoms with Crippen LogP contribution in [0, 0.1) is 0 Å². The number of aromatic hydroxyl groups is 1. The number of phenols is 1. The first-order valence-electron chi connectivity index (χ1n) is 6.04. The van der Waals surface area contributed by atoms with Crippen LogP contribution in [0.1, 0.15) is 24.4 Å². The van der Waals surface area contributed by atoms with Crippen molar-refractivity contribution in [2.24, 2.45) is 0 Å². The van der Waals surface area contributed by atoms with Crippen LogP contribution < -0.4 is 5.32 Å². The summed E-state index contributed by atoms with van der Waals surface area (Å²) in [7, 11) is 0. The third-order valence-electron chi connectivity index (χ3n) is 2.62. The van der Waals surface area contributed by atoms with E-state index in [1.165, 1.54) is 5.56 Å². The number of hydrogen-bond donors (Lipinski definition) is 2. The maximum atomic E-state index is 9.22. The molecule has 1 aromatic carbocycles. The summed E-state index contributed by atoms with van der Waals surface area (Å²) in [5.74, 6) is 0.302. The number of aromatic nitrogens is 2. The summed E-state index contributed by atoms with van der Waals surface area (Å²) in [6.07, 6.45) is 1.81. The highest BCUT2D eigenvalue weighted by Gasteiger charge is 2.07. The van der Waals surface area contributed by atoms with E-state index in [1.54, 1.807) is 23.5 Å². The molecule has 0 aliphatic rings. The number of rotatable bonds is 5. The van der Waals surface area contributed by atoms with Crippen LogP contribution in [-0.4, -0.2) is 21.3 Å². The highest BCUT2D eigenvalue weighted by atomic mass is 32.1. The Balaban J connectivity index is 1.91. The van der Waals surface area contributed by atoms with E-state index in [9.17, 15) is 5.11 Å². The molecule has 2 rings (SSSR count). The average Bonchev–Trinajstić information content (AvgIpc) is 2.79. The number of anilines is 1. The van der Waals surface area contributed by atoms with Gasteiger partial charge in [-0.05, 0) is 37.5 Å². The van der Waals surface area contributed by atoms with E-state index < -0.39 is 0 Å². The van der Waals surface area contributed by atoms with Gasteiger partial charge in [-0.2, -0.15) is 0 Å². The minimum Gasteiger partial charge on any atom is -0.508 e. The molecule has 1 atom stereocenters. The van der Waals surface area contributed by atoms with Gasteiger partial charge in [-0.15, -0.1) is 10.2 Å². The lowest BCUT2D eigenvalue weighted by Crippen LogP contribution is -2.17. The fourth-order valence-corrected chi connectivity index (χ4v) is 2.49. The number of benzene rings is 1.